The summed E-state index contributed by atoms with van der Waals surface area (Å²) in [6, 6.07) is 30.6. The van der Waals surface area contributed by atoms with Gasteiger partial charge in [0.2, 0.25) is 0 Å². The SMILES string of the molecule is CCC[CH2][Sn]([CH2]CCC)([CH2]CCC)[CH](O)[C@H]1O[C@H](OC)[C@H](OCc2ccccc2)[C@@H](OCc2ccccc2)[C@@H]1OCc1ccccc1. The second kappa shape index (κ2) is 20.7. The molecule has 0 saturated carbocycles. The van der Waals surface area contributed by atoms with Gasteiger partial charge in [0.25, 0.3) is 0 Å². The average Bonchev–Trinajstić information content (AvgIpc) is 3.13. The Morgan fingerprint density at radius 1 is 0.596 bits per heavy atom. The van der Waals surface area contributed by atoms with Crippen LogP contribution in [0.1, 0.15) is 76.0 Å². The van der Waals surface area contributed by atoms with Crippen molar-refractivity contribution in [3.05, 3.63) is 108 Å². The molecule has 1 aliphatic heterocycles. The second-order valence-electron chi connectivity index (χ2n) is 13.1. The first kappa shape index (κ1) is 38.0. The first-order valence-corrected chi connectivity index (χ1v) is 25.6. The normalized spacial score (nSPS) is 22.3. The molecule has 0 spiro atoms. The quantitative estimate of drug-likeness (QED) is 0.110. The topological polar surface area (TPSA) is 66.4 Å². The van der Waals surface area contributed by atoms with Gasteiger partial charge in [-0.25, -0.2) is 0 Å². The average molecular weight is 754 g/mol. The van der Waals surface area contributed by atoms with E-state index < -0.39 is 53.2 Å². The number of ether oxygens (including phenoxy) is 5. The summed E-state index contributed by atoms with van der Waals surface area (Å²) in [5.41, 5.74) is 3.19. The third kappa shape index (κ3) is 11.1. The molecule has 3 aromatic carbocycles. The monoisotopic (exact) mass is 754 g/mol. The number of aliphatic hydroxyl groups is 1. The van der Waals surface area contributed by atoms with E-state index in [0.717, 1.165) is 68.5 Å². The van der Waals surface area contributed by atoms with Crippen molar-refractivity contribution in [1.82, 2.24) is 0 Å². The summed E-state index contributed by atoms with van der Waals surface area (Å²) in [6.07, 6.45) is 3.86. The Balaban J connectivity index is 1.75. The molecule has 6 atom stereocenters. The van der Waals surface area contributed by atoms with Crippen LogP contribution in [0.4, 0.5) is 0 Å². The molecule has 0 radical (unpaired) electrons. The van der Waals surface area contributed by atoms with Crippen molar-refractivity contribution < 1.29 is 28.8 Å². The van der Waals surface area contributed by atoms with Gasteiger partial charge in [-0.1, -0.05) is 0 Å². The fourth-order valence-electron chi connectivity index (χ4n) is 6.89. The summed E-state index contributed by atoms with van der Waals surface area (Å²) in [7, 11) is 1.66. The number of hydrogen-bond donors (Lipinski definition) is 1. The van der Waals surface area contributed by atoms with E-state index in [1.165, 1.54) is 0 Å². The molecule has 0 aromatic heterocycles. The molecule has 0 bridgehead atoms. The number of hydrogen-bond acceptors (Lipinski definition) is 6. The van der Waals surface area contributed by atoms with Crippen molar-refractivity contribution in [3.63, 3.8) is 0 Å². The number of unbranched alkanes of at least 4 members (excludes halogenated alkanes) is 3. The summed E-state index contributed by atoms with van der Waals surface area (Å²) < 4.78 is 36.2. The zero-order valence-electron chi connectivity index (χ0n) is 29.1. The standard InChI is InChI=1S/C28H31O6.3C4H9.Sn/c1-30-28-27(33-20-23-15-9-4-10-16-23)26(32-19-22-13-7-3-8-14-22)25(24(17-29)34-28)31-18-21-11-5-2-6-12-21;3*1-3-4-2;/h2-17,24-29H,18-20H2,1H3;3*1,3-4H2,2H3;/t24-,25-,26+,27-,28+;;;;/m1..../s1. The molecule has 7 heteroatoms. The van der Waals surface area contributed by atoms with Crippen LogP contribution in [-0.4, -0.2) is 65.4 Å². The Hall–Kier alpha value is -1.78. The number of benzene rings is 3. The molecule has 1 fully saturated rings. The van der Waals surface area contributed by atoms with Gasteiger partial charge >= 0.3 is 289 Å². The number of aliphatic hydroxyl groups excluding tert-OH is 1. The molecule has 1 aliphatic rings. The Morgan fingerprint density at radius 2 is 0.979 bits per heavy atom. The van der Waals surface area contributed by atoms with E-state index in [4.69, 9.17) is 23.7 Å². The maximum atomic E-state index is 12.8. The summed E-state index contributed by atoms with van der Waals surface area (Å²) >= 11 is -3.25. The summed E-state index contributed by atoms with van der Waals surface area (Å²) in [5.74, 6) is 0. The van der Waals surface area contributed by atoms with Crippen LogP contribution < -0.4 is 0 Å². The van der Waals surface area contributed by atoms with Crippen LogP contribution in [-0.2, 0) is 43.5 Å². The molecule has 3 aromatic rings. The maximum absolute atomic E-state index is 12.8. The fraction of sp³-hybridized carbons (Fsp3) is 0.550. The first-order chi connectivity index (χ1) is 23.0. The summed E-state index contributed by atoms with van der Waals surface area (Å²) in [5, 5.41) is 12.8. The van der Waals surface area contributed by atoms with Crippen molar-refractivity contribution in [1.29, 1.82) is 0 Å². The van der Waals surface area contributed by atoms with Gasteiger partial charge in [-0.05, 0) is 0 Å². The first-order valence-electron chi connectivity index (χ1n) is 17.9. The Bertz CT molecular complexity index is 1210. The van der Waals surface area contributed by atoms with E-state index in [2.05, 4.69) is 57.2 Å². The van der Waals surface area contributed by atoms with Crippen LogP contribution in [0.15, 0.2) is 91.0 Å². The van der Waals surface area contributed by atoms with Crippen LogP contribution in [0.5, 0.6) is 0 Å². The predicted octanol–water partition coefficient (Wildman–Crippen LogP) is 8.86. The van der Waals surface area contributed by atoms with E-state index in [9.17, 15) is 5.11 Å². The third-order valence-corrected chi connectivity index (χ3v) is 25.7. The van der Waals surface area contributed by atoms with Gasteiger partial charge in [0, 0.05) is 0 Å². The van der Waals surface area contributed by atoms with Crippen molar-refractivity contribution in [2.75, 3.05) is 7.11 Å². The van der Waals surface area contributed by atoms with Crippen LogP contribution in [0, 0.1) is 0 Å². The van der Waals surface area contributed by atoms with Crippen molar-refractivity contribution in [3.8, 4) is 0 Å². The molecule has 1 saturated heterocycles. The van der Waals surface area contributed by atoms with Gasteiger partial charge in [-0.2, -0.15) is 0 Å². The van der Waals surface area contributed by atoms with Crippen LogP contribution in [0.25, 0.3) is 0 Å². The molecule has 6 nitrogen and oxygen atoms in total. The Kier molecular flexibility index (Phi) is 16.7. The van der Waals surface area contributed by atoms with Gasteiger partial charge in [-0.3, -0.25) is 0 Å². The molecular formula is C40H58O6Sn. The Morgan fingerprint density at radius 3 is 1.36 bits per heavy atom. The van der Waals surface area contributed by atoms with Gasteiger partial charge in [-0.15, -0.1) is 0 Å². The van der Waals surface area contributed by atoms with Crippen molar-refractivity contribution >= 4 is 18.4 Å². The third-order valence-electron chi connectivity index (χ3n) is 9.64. The molecule has 0 amide bonds. The minimum atomic E-state index is -3.25. The van der Waals surface area contributed by atoms with E-state index in [-0.39, 0.29) is 0 Å². The zero-order chi connectivity index (χ0) is 33.3. The number of methoxy groups -OCH3 is 1. The summed E-state index contributed by atoms with van der Waals surface area (Å²) in [4.78, 5) is 0. The van der Waals surface area contributed by atoms with Gasteiger partial charge in [0.15, 0.2) is 0 Å². The molecule has 4 rings (SSSR count). The van der Waals surface area contributed by atoms with Gasteiger partial charge in [0.05, 0.1) is 0 Å². The van der Waals surface area contributed by atoms with Crippen LogP contribution in [0.3, 0.4) is 0 Å². The Labute approximate surface area is 288 Å². The van der Waals surface area contributed by atoms with Gasteiger partial charge < -0.3 is 0 Å². The minimum absolute atomic E-state index is 0.380. The van der Waals surface area contributed by atoms with E-state index in [0.29, 0.717) is 19.8 Å². The molecule has 1 N–H and O–H groups in total. The van der Waals surface area contributed by atoms with Crippen LogP contribution >= 0.6 is 0 Å². The fourth-order valence-corrected chi connectivity index (χ4v) is 23.4. The van der Waals surface area contributed by atoms with E-state index in [1.54, 1.807) is 7.11 Å². The molecule has 47 heavy (non-hydrogen) atoms. The molecular weight excluding hydrogens is 695 g/mol. The molecule has 1 unspecified atom stereocenters. The predicted molar refractivity (Wildman–Crippen MR) is 192 cm³/mol. The van der Waals surface area contributed by atoms with Crippen LogP contribution in [0.2, 0.25) is 13.3 Å². The zero-order valence-corrected chi connectivity index (χ0v) is 32.0. The van der Waals surface area contributed by atoms with Crippen molar-refractivity contribution in [2.45, 2.75) is 127 Å². The van der Waals surface area contributed by atoms with Gasteiger partial charge in [0.1, 0.15) is 0 Å². The van der Waals surface area contributed by atoms with E-state index >= 15 is 0 Å². The van der Waals surface area contributed by atoms with E-state index in [1.807, 2.05) is 54.6 Å². The molecule has 258 valence electrons. The molecule has 1 heterocycles. The number of rotatable bonds is 21. The van der Waals surface area contributed by atoms with Crippen molar-refractivity contribution in [2.24, 2.45) is 0 Å². The summed E-state index contributed by atoms with van der Waals surface area (Å²) in [6.45, 7) is 7.92. The molecule has 0 aliphatic carbocycles. The second-order valence-corrected chi connectivity index (χ2v) is 26.9.